The molecule has 0 saturated carbocycles. The van der Waals surface area contributed by atoms with Crippen LogP contribution < -0.4 is 0 Å². The smallest absolute Gasteiger partial charge is 0.202 e. The second-order valence-electron chi connectivity index (χ2n) is 5.08. The van der Waals surface area contributed by atoms with Crippen LogP contribution in [0.2, 0.25) is 0 Å². The summed E-state index contributed by atoms with van der Waals surface area (Å²) in [5.74, 6) is 1.41. The molecule has 0 aliphatic carbocycles. The fraction of sp³-hybridized carbons (Fsp3) is 0.250. The van der Waals surface area contributed by atoms with Gasteiger partial charge in [-0.2, -0.15) is 14.9 Å². The average molecular weight is 294 g/mol. The van der Waals surface area contributed by atoms with Gasteiger partial charge in [0.25, 0.3) is 5.95 Å². The van der Waals surface area contributed by atoms with Crippen LogP contribution in [0, 0.1) is 13.8 Å². The summed E-state index contributed by atoms with van der Waals surface area (Å²) in [7, 11) is 0. The first kappa shape index (κ1) is 14.2. The van der Waals surface area contributed by atoms with E-state index in [0.717, 1.165) is 29.2 Å². The summed E-state index contributed by atoms with van der Waals surface area (Å²) in [6.45, 7) is 5.98. The van der Waals surface area contributed by atoms with Gasteiger partial charge in [-0.3, -0.25) is 0 Å². The van der Waals surface area contributed by atoms with E-state index in [1.165, 1.54) is 0 Å². The quantitative estimate of drug-likeness (QED) is 0.695. The van der Waals surface area contributed by atoms with Crippen molar-refractivity contribution in [1.82, 2.24) is 24.7 Å². The van der Waals surface area contributed by atoms with Gasteiger partial charge < -0.3 is 0 Å². The van der Waals surface area contributed by atoms with Crippen molar-refractivity contribution >= 4 is 6.21 Å². The Morgan fingerprint density at radius 3 is 2.55 bits per heavy atom. The van der Waals surface area contributed by atoms with Crippen molar-refractivity contribution in [3.05, 3.63) is 59.2 Å². The van der Waals surface area contributed by atoms with Gasteiger partial charge in [-0.25, -0.2) is 4.68 Å². The molecule has 0 N–H and O–H groups in total. The first-order chi connectivity index (χ1) is 10.7. The lowest BCUT2D eigenvalue weighted by molar-refractivity contribution is 0.699. The average Bonchev–Trinajstić information content (AvgIpc) is 3.08. The molecule has 0 bridgehead atoms. The zero-order valence-electron chi connectivity index (χ0n) is 12.9. The van der Waals surface area contributed by atoms with E-state index < -0.39 is 0 Å². The van der Waals surface area contributed by atoms with Crippen LogP contribution >= 0.6 is 0 Å². The second-order valence-corrected chi connectivity index (χ2v) is 5.08. The first-order valence-electron chi connectivity index (χ1n) is 7.26. The van der Waals surface area contributed by atoms with Crippen molar-refractivity contribution < 1.29 is 0 Å². The first-order valence-corrected chi connectivity index (χ1v) is 7.26. The van der Waals surface area contributed by atoms with Crippen LogP contribution in [0.25, 0.3) is 5.95 Å². The van der Waals surface area contributed by atoms with Gasteiger partial charge in [-0.1, -0.05) is 37.3 Å². The van der Waals surface area contributed by atoms with Gasteiger partial charge in [-0.15, -0.1) is 10.2 Å². The fourth-order valence-electron chi connectivity index (χ4n) is 2.27. The minimum absolute atomic E-state index is 0.606. The molecular formula is C16H18N6. The fourth-order valence-corrected chi connectivity index (χ4v) is 2.27. The summed E-state index contributed by atoms with van der Waals surface area (Å²) in [4.78, 5) is 0. The van der Waals surface area contributed by atoms with E-state index in [2.05, 4.69) is 20.4 Å². The molecule has 1 aromatic carbocycles. The van der Waals surface area contributed by atoms with E-state index in [4.69, 9.17) is 0 Å². The van der Waals surface area contributed by atoms with Crippen LogP contribution in [0.5, 0.6) is 0 Å². The molecule has 0 fully saturated rings. The third-order valence-corrected chi connectivity index (χ3v) is 3.33. The molecule has 0 saturated heterocycles. The molecule has 0 atom stereocenters. The molecule has 0 unspecified atom stereocenters. The number of rotatable bonds is 4. The van der Waals surface area contributed by atoms with Crippen molar-refractivity contribution in [3.8, 4) is 5.95 Å². The molecule has 0 spiro atoms. The standard InChI is InChI=1S/C16H18N6/c1-4-15-18-19-16(21-13(3)10-12(2)20-21)22(15)17-11-14-8-6-5-7-9-14/h5-11H,4H2,1-3H3. The summed E-state index contributed by atoms with van der Waals surface area (Å²) in [6.07, 6.45) is 2.55. The minimum atomic E-state index is 0.606. The Bertz CT molecular complexity index is 797. The largest absolute Gasteiger partial charge is 0.273 e. The summed E-state index contributed by atoms with van der Waals surface area (Å²) in [5, 5.41) is 17.5. The normalized spacial score (nSPS) is 11.4. The van der Waals surface area contributed by atoms with Gasteiger partial charge in [0.15, 0.2) is 5.82 Å². The van der Waals surface area contributed by atoms with Crippen LogP contribution in [0.1, 0.15) is 29.7 Å². The molecule has 3 rings (SSSR count). The van der Waals surface area contributed by atoms with E-state index in [9.17, 15) is 0 Å². The topological polar surface area (TPSA) is 60.9 Å². The van der Waals surface area contributed by atoms with Gasteiger partial charge in [0.05, 0.1) is 11.9 Å². The zero-order chi connectivity index (χ0) is 15.5. The lowest BCUT2D eigenvalue weighted by Crippen LogP contribution is -2.08. The van der Waals surface area contributed by atoms with Crippen molar-refractivity contribution in [3.63, 3.8) is 0 Å². The van der Waals surface area contributed by atoms with E-state index in [1.807, 2.05) is 57.2 Å². The summed E-state index contributed by atoms with van der Waals surface area (Å²) in [5.41, 5.74) is 2.97. The van der Waals surface area contributed by atoms with Crippen molar-refractivity contribution in [1.29, 1.82) is 0 Å². The Morgan fingerprint density at radius 2 is 1.91 bits per heavy atom. The molecule has 2 heterocycles. The highest BCUT2D eigenvalue weighted by Crippen LogP contribution is 2.12. The monoisotopic (exact) mass is 294 g/mol. The third-order valence-electron chi connectivity index (χ3n) is 3.33. The Kier molecular flexibility index (Phi) is 3.82. The predicted octanol–water partition coefficient (Wildman–Crippen LogP) is 2.53. The Labute approximate surface area is 129 Å². The Morgan fingerprint density at radius 1 is 1.14 bits per heavy atom. The summed E-state index contributed by atoms with van der Waals surface area (Å²) >= 11 is 0. The highest BCUT2D eigenvalue weighted by Gasteiger charge is 2.14. The second kappa shape index (κ2) is 5.93. The Balaban J connectivity index is 2.05. The van der Waals surface area contributed by atoms with Crippen LogP contribution in [-0.4, -0.2) is 30.9 Å². The van der Waals surface area contributed by atoms with Crippen LogP contribution in [0.3, 0.4) is 0 Å². The number of nitrogens with zero attached hydrogens (tertiary/aromatic N) is 6. The zero-order valence-corrected chi connectivity index (χ0v) is 12.9. The van der Waals surface area contributed by atoms with Crippen LogP contribution in [-0.2, 0) is 6.42 Å². The van der Waals surface area contributed by atoms with E-state index in [0.29, 0.717) is 5.95 Å². The molecule has 2 aromatic heterocycles. The molecule has 22 heavy (non-hydrogen) atoms. The van der Waals surface area contributed by atoms with Crippen molar-refractivity contribution in [2.45, 2.75) is 27.2 Å². The molecule has 0 aliphatic rings. The van der Waals surface area contributed by atoms with Gasteiger partial charge in [0, 0.05) is 12.1 Å². The number of benzene rings is 1. The molecule has 6 heteroatoms. The Hall–Kier alpha value is -2.76. The van der Waals surface area contributed by atoms with Gasteiger partial charge in [0.1, 0.15) is 0 Å². The SMILES string of the molecule is CCc1nnc(-n2nc(C)cc2C)n1N=Cc1ccccc1. The highest BCUT2D eigenvalue weighted by atomic mass is 15.5. The van der Waals surface area contributed by atoms with Gasteiger partial charge >= 0.3 is 0 Å². The third kappa shape index (κ3) is 2.67. The number of hydrogen-bond acceptors (Lipinski definition) is 4. The molecule has 112 valence electrons. The number of aromatic nitrogens is 5. The van der Waals surface area contributed by atoms with E-state index in [1.54, 1.807) is 15.6 Å². The van der Waals surface area contributed by atoms with E-state index >= 15 is 0 Å². The van der Waals surface area contributed by atoms with Gasteiger partial charge in [-0.05, 0) is 25.5 Å². The van der Waals surface area contributed by atoms with Crippen molar-refractivity contribution in [2.24, 2.45) is 5.10 Å². The molecule has 3 aromatic rings. The number of hydrogen-bond donors (Lipinski definition) is 0. The summed E-state index contributed by atoms with van der Waals surface area (Å²) in [6, 6.07) is 12.0. The predicted molar refractivity (Wildman–Crippen MR) is 85.4 cm³/mol. The molecule has 0 aliphatic heterocycles. The molecule has 0 amide bonds. The van der Waals surface area contributed by atoms with E-state index in [-0.39, 0.29) is 0 Å². The molecule has 6 nitrogen and oxygen atoms in total. The number of aryl methyl sites for hydroxylation is 3. The van der Waals surface area contributed by atoms with Crippen LogP contribution in [0.15, 0.2) is 41.5 Å². The maximum atomic E-state index is 4.54. The van der Waals surface area contributed by atoms with Crippen molar-refractivity contribution in [2.75, 3.05) is 0 Å². The van der Waals surface area contributed by atoms with Gasteiger partial charge in [0.2, 0.25) is 0 Å². The lowest BCUT2D eigenvalue weighted by atomic mass is 10.2. The molecule has 0 radical (unpaired) electrons. The van der Waals surface area contributed by atoms with Crippen LogP contribution in [0.4, 0.5) is 0 Å². The lowest BCUT2D eigenvalue weighted by Gasteiger charge is -2.04. The molecular weight excluding hydrogens is 276 g/mol. The minimum Gasteiger partial charge on any atom is -0.202 e. The maximum absolute atomic E-state index is 4.54. The highest BCUT2D eigenvalue weighted by molar-refractivity contribution is 5.79. The maximum Gasteiger partial charge on any atom is 0.273 e. The summed E-state index contributed by atoms with van der Waals surface area (Å²) < 4.78 is 3.51.